The Morgan fingerprint density at radius 2 is 2.09 bits per heavy atom. The van der Waals surface area contributed by atoms with Crippen molar-refractivity contribution >= 4 is 29.0 Å². The van der Waals surface area contributed by atoms with Crippen LogP contribution in [0.2, 0.25) is 5.02 Å². The number of halogens is 1. The van der Waals surface area contributed by atoms with Crippen LogP contribution in [0.25, 0.3) is 0 Å². The van der Waals surface area contributed by atoms with Crippen molar-refractivity contribution in [1.29, 1.82) is 0 Å². The SMILES string of the molecule is CCCCCNc1cc(C(=O)Nc2cccc(Cl)c2C)ccn1. The molecule has 0 aliphatic rings. The fraction of sp³-hybridized carbons (Fsp3) is 0.333. The van der Waals surface area contributed by atoms with Crippen molar-refractivity contribution < 1.29 is 4.79 Å². The highest BCUT2D eigenvalue weighted by atomic mass is 35.5. The standard InChI is InChI=1S/C18H22ClN3O/c1-3-4-5-10-20-17-12-14(9-11-21-17)18(23)22-16-8-6-7-15(19)13(16)2/h6-9,11-12H,3-5,10H2,1-2H3,(H,20,21)(H,22,23). The molecular formula is C18H22ClN3O. The van der Waals surface area contributed by atoms with Gasteiger partial charge < -0.3 is 10.6 Å². The Hall–Kier alpha value is -2.07. The number of carbonyl (C=O) groups excluding carboxylic acids is 1. The van der Waals surface area contributed by atoms with Gasteiger partial charge in [0.2, 0.25) is 0 Å². The van der Waals surface area contributed by atoms with Crippen LogP contribution in [0.4, 0.5) is 11.5 Å². The minimum Gasteiger partial charge on any atom is -0.370 e. The smallest absolute Gasteiger partial charge is 0.255 e. The Labute approximate surface area is 142 Å². The number of amides is 1. The number of hydrogen-bond acceptors (Lipinski definition) is 3. The molecule has 1 heterocycles. The van der Waals surface area contributed by atoms with Gasteiger partial charge in [-0.25, -0.2) is 4.98 Å². The number of carbonyl (C=O) groups is 1. The monoisotopic (exact) mass is 331 g/mol. The predicted octanol–water partition coefficient (Wildman–Crippen LogP) is 4.90. The number of aromatic nitrogens is 1. The molecule has 0 radical (unpaired) electrons. The third-order valence-corrected chi connectivity index (χ3v) is 4.03. The summed E-state index contributed by atoms with van der Waals surface area (Å²) < 4.78 is 0. The van der Waals surface area contributed by atoms with Crippen LogP contribution in [0.3, 0.4) is 0 Å². The molecule has 5 heteroatoms. The molecule has 0 aliphatic carbocycles. The summed E-state index contributed by atoms with van der Waals surface area (Å²) in [5.41, 5.74) is 2.14. The van der Waals surface area contributed by atoms with E-state index >= 15 is 0 Å². The van der Waals surface area contributed by atoms with E-state index in [1.54, 1.807) is 24.4 Å². The fourth-order valence-electron chi connectivity index (χ4n) is 2.20. The summed E-state index contributed by atoms with van der Waals surface area (Å²) in [5, 5.41) is 6.77. The van der Waals surface area contributed by atoms with Crippen molar-refractivity contribution in [3.63, 3.8) is 0 Å². The summed E-state index contributed by atoms with van der Waals surface area (Å²) in [7, 11) is 0. The van der Waals surface area contributed by atoms with Crippen molar-refractivity contribution in [3.8, 4) is 0 Å². The summed E-state index contributed by atoms with van der Waals surface area (Å²) in [6.45, 7) is 4.91. The number of hydrogen-bond donors (Lipinski definition) is 2. The van der Waals surface area contributed by atoms with Crippen LogP contribution in [0.15, 0.2) is 36.5 Å². The lowest BCUT2D eigenvalue weighted by Crippen LogP contribution is -2.14. The lowest BCUT2D eigenvalue weighted by atomic mass is 10.2. The van der Waals surface area contributed by atoms with Crippen molar-refractivity contribution in [2.75, 3.05) is 17.2 Å². The number of nitrogens with zero attached hydrogens (tertiary/aromatic N) is 1. The topological polar surface area (TPSA) is 54.0 Å². The zero-order chi connectivity index (χ0) is 16.7. The molecule has 1 amide bonds. The summed E-state index contributed by atoms with van der Waals surface area (Å²) in [4.78, 5) is 16.6. The van der Waals surface area contributed by atoms with Gasteiger partial charge in [-0.3, -0.25) is 4.79 Å². The van der Waals surface area contributed by atoms with E-state index in [0.29, 0.717) is 10.6 Å². The highest BCUT2D eigenvalue weighted by Gasteiger charge is 2.10. The van der Waals surface area contributed by atoms with Gasteiger partial charge in [-0.15, -0.1) is 0 Å². The first kappa shape index (κ1) is 17.3. The average molecular weight is 332 g/mol. The summed E-state index contributed by atoms with van der Waals surface area (Å²) in [6.07, 6.45) is 5.09. The minimum absolute atomic E-state index is 0.172. The Morgan fingerprint density at radius 3 is 2.87 bits per heavy atom. The van der Waals surface area contributed by atoms with Gasteiger partial charge in [-0.1, -0.05) is 37.4 Å². The first-order valence-electron chi connectivity index (χ1n) is 7.88. The van der Waals surface area contributed by atoms with Gasteiger partial charge in [0.15, 0.2) is 0 Å². The van der Waals surface area contributed by atoms with E-state index in [1.807, 2.05) is 19.1 Å². The molecule has 0 atom stereocenters. The average Bonchev–Trinajstić information content (AvgIpc) is 2.56. The van der Waals surface area contributed by atoms with Gasteiger partial charge in [0.05, 0.1) is 0 Å². The van der Waals surface area contributed by atoms with Crippen molar-refractivity contribution in [2.24, 2.45) is 0 Å². The van der Waals surface area contributed by atoms with E-state index in [1.165, 1.54) is 12.8 Å². The van der Waals surface area contributed by atoms with Crippen LogP contribution in [-0.4, -0.2) is 17.4 Å². The molecule has 0 unspecified atom stereocenters. The van der Waals surface area contributed by atoms with Gasteiger partial charge in [0, 0.05) is 29.0 Å². The third-order valence-electron chi connectivity index (χ3n) is 3.62. The number of pyridine rings is 1. The van der Waals surface area contributed by atoms with Gasteiger partial charge >= 0.3 is 0 Å². The molecule has 1 aromatic heterocycles. The van der Waals surface area contributed by atoms with Gasteiger partial charge in [0.1, 0.15) is 5.82 Å². The first-order chi connectivity index (χ1) is 11.1. The van der Waals surface area contributed by atoms with E-state index < -0.39 is 0 Å². The quantitative estimate of drug-likeness (QED) is 0.710. The van der Waals surface area contributed by atoms with E-state index in [2.05, 4.69) is 22.5 Å². The Kier molecular flexibility index (Phi) is 6.41. The molecule has 2 rings (SSSR count). The summed E-state index contributed by atoms with van der Waals surface area (Å²) >= 11 is 6.08. The number of anilines is 2. The van der Waals surface area contributed by atoms with Crippen molar-refractivity contribution in [3.05, 3.63) is 52.7 Å². The summed E-state index contributed by atoms with van der Waals surface area (Å²) in [5.74, 6) is 0.547. The highest BCUT2D eigenvalue weighted by Crippen LogP contribution is 2.23. The predicted molar refractivity (Wildman–Crippen MR) is 96.4 cm³/mol. The lowest BCUT2D eigenvalue weighted by Gasteiger charge is -2.10. The molecule has 2 N–H and O–H groups in total. The maximum atomic E-state index is 12.4. The number of unbranched alkanes of at least 4 members (excludes halogenated alkanes) is 2. The molecule has 2 aromatic rings. The van der Waals surface area contributed by atoms with Gasteiger partial charge in [-0.05, 0) is 43.2 Å². The van der Waals surface area contributed by atoms with Gasteiger partial charge in [-0.2, -0.15) is 0 Å². The van der Waals surface area contributed by atoms with Crippen LogP contribution < -0.4 is 10.6 Å². The Balaban J connectivity index is 2.03. The molecule has 122 valence electrons. The number of benzene rings is 1. The lowest BCUT2D eigenvalue weighted by molar-refractivity contribution is 0.102. The molecule has 0 bridgehead atoms. The molecule has 0 aliphatic heterocycles. The molecule has 0 saturated carbocycles. The van der Waals surface area contributed by atoms with Crippen LogP contribution >= 0.6 is 11.6 Å². The normalized spacial score (nSPS) is 10.4. The van der Waals surface area contributed by atoms with Gasteiger partial charge in [0.25, 0.3) is 5.91 Å². The fourth-order valence-corrected chi connectivity index (χ4v) is 2.37. The second-order valence-corrected chi connectivity index (χ2v) is 5.84. The maximum absolute atomic E-state index is 12.4. The Morgan fingerprint density at radius 1 is 1.26 bits per heavy atom. The zero-order valence-corrected chi connectivity index (χ0v) is 14.3. The van der Waals surface area contributed by atoms with Crippen LogP contribution in [0, 0.1) is 6.92 Å². The van der Waals surface area contributed by atoms with E-state index in [0.717, 1.165) is 30.0 Å². The Bertz CT molecular complexity index is 673. The summed E-state index contributed by atoms with van der Waals surface area (Å²) in [6, 6.07) is 8.92. The second-order valence-electron chi connectivity index (χ2n) is 5.43. The minimum atomic E-state index is -0.172. The molecule has 23 heavy (non-hydrogen) atoms. The largest absolute Gasteiger partial charge is 0.370 e. The maximum Gasteiger partial charge on any atom is 0.255 e. The molecule has 0 saturated heterocycles. The van der Waals surface area contributed by atoms with E-state index in [-0.39, 0.29) is 5.91 Å². The molecule has 4 nitrogen and oxygen atoms in total. The molecule has 0 fully saturated rings. The van der Waals surface area contributed by atoms with E-state index in [9.17, 15) is 4.79 Å². The molecule has 1 aromatic carbocycles. The van der Waals surface area contributed by atoms with Crippen molar-refractivity contribution in [2.45, 2.75) is 33.1 Å². The third kappa shape index (κ3) is 4.96. The molecule has 0 spiro atoms. The van der Waals surface area contributed by atoms with Crippen LogP contribution in [-0.2, 0) is 0 Å². The number of rotatable bonds is 7. The van der Waals surface area contributed by atoms with Crippen molar-refractivity contribution in [1.82, 2.24) is 4.98 Å². The highest BCUT2D eigenvalue weighted by molar-refractivity contribution is 6.31. The zero-order valence-electron chi connectivity index (χ0n) is 13.5. The number of nitrogens with one attached hydrogen (secondary N) is 2. The molecular weight excluding hydrogens is 310 g/mol. The van der Waals surface area contributed by atoms with Crippen LogP contribution in [0.1, 0.15) is 42.1 Å². The first-order valence-corrected chi connectivity index (χ1v) is 8.26. The van der Waals surface area contributed by atoms with Crippen LogP contribution in [0.5, 0.6) is 0 Å². The second kappa shape index (κ2) is 8.53. The van der Waals surface area contributed by atoms with E-state index in [4.69, 9.17) is 11.6 Å².